The predicted molar refractivity (Wildman–Crippen MR) is 111 cm³/mol. The molecule has 4 rings (SSSR count). The summed E-state index contributed by atoms with van der Waals surface area (Å²) in [5, 5.41) is 12.9. The minimum atomic E-state index is -0.276. The van der Waals surface area contributed by atoms with Crippen molar-refractivity contribution in [3.8, 4) is 0 Å². The first kappa shape index (κ1) is 19.4. The number of carbonyl (C=O) groups excluding carboxylic acids is 1. The van der Waals surface area contributed by atoms with Crippen molar-refractivity contribution >= 4 is 28.3 Å². The lowest BCUT2D eigenvalue weighted by Crippen LogP contribution is -2.36. The molecule has 1 aromatic carbocycles. The topological polar surface area (TPSA) is 90.1 Å². The van der Waals surface area contributed by atoms with Crippen LogP contribution in [0.5, 0.6) is 0 Å². The molecule has 3 heterocycles. The molecule has 1 aliphatic rings. The maximum absolute atomic E-state index is 12.9. The van der Waals surface area contributed by atoms with Crippen molar-refractivity contribution in [2.45, 2.75) is 27.3 Å². The zero-order valence-corrected chi connectivity index (χ0v) is 17.3. The van der Waals surface area contributed by atoms with E-state index in [1.165, 1.54) is 0 Å². The van der Waals surface area contributed by atoms with E-state index in [0.29, 0.717) is 31.4 Å². The molecule has 0 aliphatic carbocycles. The highest BCUT2D eigenvalue weighted by Gasteiger charge is 2.22. The smallest absolute Gasteiger partial charge is 0.230 e. The number of benzene rings is 1. The van der Waals surface area contributed by atoms with Crippen LogP contribution in [0.2, 0.25) is 0 Å². The van der Waals surface area contributed by atoms with Gasteiger partial charge >= 0.3 is 0 Å². The van der Waals surface area contributed by atoms with Crippen molar-refractivity contribution in [2.75, 3.05) is 36.5 Å². The van der Waals surface area contributed by atoms with E-state index in [1.807, 2.05) is 44.6 Å². The fraction of sp³-hybridized carbons (Fsp3) is 0.500. The zero-order chi connectivity index (χ0) is 20.5. The van der Waals surface area contributed by atoms with Crippen molar-refractivity contribution in [3.05, 3.63) is 29.8 Å². The molecule has 154 valence electrons. The molecular formula is C20H27N7O2. The van der Waals surface area contributed by atoms with Gasteiger partial charge in [0.05, 0.1) is 42.3 Å². The number of fused-ring (bicyclic) bond motifs is 1. The van der Waals surface area contributed by atoms with E-state index in [1.54, 1.807) is 4.68 Å². The molecule has 0 radical (unpaired) electrons. The summed E-state index contributed by atoms with van der Waals surface area (Å²) in [6.07, 6.45) is 0. The maximum Gasteiger partial charge on any atom is 0.230 e. The molecule has 1 fully saturated rings. The lowest BCUT2D eigenvalue weighted by Gasteiger charge is -2.29. The Morgan fingerprint density at radius 1 is 1.24 bits per heavy atom. The molecule has 0 bridgehead atoms. The number of morpholine rings is 1. The summed E-state index contributed by atoms with van der Waals surface area (Å²) in [6.45, 7) is 9.15. The van der Waals surface area contributed by atoms with Gasteiger partial charge in [-0.25, -0.2) is 9.67 Å². The summed E-state index contributed by atoms with van der Waals surface area (Å²) in [4.78, 5) is 19.5. The van der Waals surface area contributed by atoms with Crippen molar-refractivity contribution in [3.63, 3.8) is 0 Å². The lowest BCUT2D eigenvalue weighted by atomic mass is 10.1. The van der Waals surface area contributed by atoms with Crippen LogP contribution in [-0.2, 0) is 23.1 Å². The van der Waals surface area contributed by atoms with E-state index >= 15 is 0 Å². The van der Waals surface area contributed by atoms with Gasteiger partial charge < -0.3 is 15.0 Å². The summed E-state index contributed by atoms with van der Waals surface area (Å²) in [7, 11) is 1.89. The van der Waals surface area contributed by atoms with E-state index in [2.05, 4.69) is 31.5 Å². The van der Waals surface area contributed by atoms with Crippen molar-refractivity contribution in [1.82, 2.24) is 24.5 Å². The maximum atomic E-state index is 12.9. The Balaban J connectivity index is 1.60. The number of nitrogens with zero attached hydrogens (tertiary/aromatic N) is 6. The van der Waals surface area contributed by atoms with Crippen LogP contribution in [0.3, 0.4) is 0 Å². The third-order valence-electron chi connectivity index (χ3n) is 5.31. The van der Waals surface area contributed by atoms with E-state index in [0.717, 1.165) is 35.5 Å². The van der Waals surface area contributed by atoms with Crippen molar-refractivity contribution in [2.24, 2.45) is 13.0 Å². The Hall–Kier alpha value is -2.94. The third-order valence-corrected chi connectivity index (χ3v) is 5.31. The highest BCUT2D eigenvalue weighted by molar-refractivity contribution is 6.06. The van der Waals surface area contributed by atoms with Gasteiger partial charge in [-0.05, 0) is 26.0 Å². The molecule has 9 heteroatoms. The number of anilines is 2. The highest BCUT2D eigenvalue weighted by Crippen LogP contribution is 2.33. The van der Waals surface area contributed by atoms with Crippen LogP contribution in [0.15, 0.2) is 18.2 Å². The first-order chi connectivity index (χ1) is 13.9. The summed E-state index contributed by atoms with van der Waals surface area (Å²) in [5.74, 6) is 1.74. The summed E-state index contributed by atoms with van der Waals surface area (Å²) >= 11 is 0. The normalized spacial score (nSPS) is 15.7. The molecule has 1 aliphatic heterocycles. The monoisotopic (exact) mass is 397 g/mol. The molecule has 1 saturated heterocycles. The van der Waals surface area contributed by atoms with Gasteiger partial charge in [0.1, 0.15) is 11.6 Å². The van der Waals surface area contributed by atoms with Crippen molar-refractivity contribution in [1.29, 1.82) is 0 Å². The van der Waals surface area contributed by atoms with Gasteiger partial charge in [-0.1, -0.05) is 13.0 Å². The van der Waals surface area contributed by atoms with Gasteiger partial charge in [-0.2, -0.15) is 10.2 Å². The van der Waals surface area contributed by atoms with E-state index in [9.17, 15) is 4.79 Å². The number of hydrogen-bond donors (Lipinski definition) is 1. The second kappa shape index (κ2) is 7.82. The number of nitrogens with one attached hydrogen (secondary N) is 1. The molecule has 29 heavy (non-hydrogen) atoms. The molecule has 0 spiro atoms. The number of hydrogen-bond acceptors (Lipinski definition) is 6. The van der Waals surface area contributed by atoms with Gasteiger partial charge in [-0.3, -0.25) is 9.48 Å². The minimum absolute atomic E-state index is 0.0886. The SMILES string of the molecule is Cc1nc(C)n(C[C@H](C)C(=O)Nc2nn(C)c3cccc(N4CCOCC4)c23)n1. The molecule has 2 aromatic heterocycles. The Morgan fingerprint density at radius 2 is 2.00 bits per heavy atom. The minimum Gasteiger partial charge on any atom is -0.378 e. The predicted octanol–water partition coefficient (Wildman–Crippen LogP) is 1.89. The second-order valence-electron chi connectivity index (χ2n) is 7.52. The fourth-order valence-corrected chi connectivity index (χ4v) is 3.77. The number of amides is 1. The molecule has 1 N–H and O–H groups in total. The number of ether oxygens (including phenoxy) is 1. The Labute approximate surface area is 169 Å². The van der Waals surface area contributed by atoms with E-state index in [4.69, 9.17) is 4.74 Å². The number of aryl methyl sites for hydroxylation is 3. The molecule has 0 saturated carbocycles. The van der Waals surface area contributed by atoms with Crippen LogP contribution in [0.25, 0.3) is 10.9 Å². The van der Waals surface area contributed by atoms with E-state index in [-0.39, 0.29) is 11.8 Å². The number of aromatic nitrogens is 5. The molecule has 1 atom stereocenters. The summed E-state index contributed by atoms with van der Waals surface area (Å²) < 4.78 is 9.07. The van der Waals surface area contributed by atoms with Gasteiger partial charge in [0.25, 0.3) is 0 Å². The molecule has 9 nitrogen and oxygen atoms in total. The third kappa shape index (κ3) is 3.82. The van der Waals surface area contributed by atoms with Gasteiger partial charge in [0, 0.05) is 20.1 Å². The number of carbonyl (C=O) groups is 1. The zero-order valence-electron chi connectivity index (χ0n) is 17.3. The Morgan fingerprint density at radius 3 is 2.69 bits per heavy atom. The molecule has 1 amide bonds. The van der Waals surface area contributed by atoms with Crippen LogP contribution in [-0.4, -0.2) is 56.8 Å². The Kier molecular flexibility index (Phi) is 5.23. The van der Waals surface area contributed by atoms with Crippen LogP contribution in [0, 0.1) is 19.8 Å². The standard InChI is InChI=1S/C20H27N7O2/c1-13(12-27-15(3)21-14(2)23-27)20(28)22-19-18-16(25(4)24-19)6-5-7-17(18)26-8-10-29-11-9-26/h5-7,13H,8-12H2,1-4H3,(H,22,24,28)/t13-/m0/s1. The first-order valence-electron chi connectivity index (χ1n) is 9.91. The van der Waals surface area contributed by atoms with Crippen LogP contribution < -0.4 is 10.2 Å². The van der Waals surface area contributed by atoms with Gasteiger partial charge in [0.15, 0.2) is 5.82 Å². The first-order valence-corrected chi connectivity index (χ1v) is 9.91. The quantitative estimate of drug-likeness (QED) is 0.707. The largest absolute Gasteiger partial charge is 0.378 e. The fourth-order valence-electron chi connectivity index (χ4n) is 3.77. The number of rotatable bonds is 5. The Bertz CT molecular complexity index is 1030. The molecule has 3 aromatic rings. The van der Waals surface area contributed by atoms with Crippen molar-refractivity contribution < 1.29 is 9.53 Å². The average Bonchev–Trinajstić information content (AvgIpc) is 3.20. The lowest BCUT2D eigenvalue weighted by molar-refractivity contribution is -0.119. The average molecular weight is 397 g/mol. The summed E-state index contributed by atoms with van der Waals surface area (Å²) in [5.41, 5.74) is 2.06. The molecular weight excluding hydrogens is 370 g/mol. The van der Waals surface area contributed by atoms with Gasteiger partial charge in [0.2, 0.25) is 5.91 Å². The van der Waals surface area contributed by atoms with Crippen LogP contribution >= 0.6 is 0 Å². The highest BCUT2D eigenvalue weighted by atomic mass is 16.5. The molecule has 0 unspecified atom stereocenters. The van der Waals surface area contributed by atoms with Crippen LogP contribution in [0.1, 0.15) is 18.6 Å². The van der Waals surface area contributed by atoms with Crippen LogP contribution in [0.4, 0.5) is 11.5 Å². The summed E-state index contributed by atoms with van der Waals surface area (Å²) in [6, 6.07) is 6.13. The van der Waals surface area contributed by atoms with E-state index < -0.39 is 0 Å². The second-order valence-corrected chi connectivity index (χ2v) is 7.52. The van der Waals surface area contributed by atoms with Gasteiger partial charge in [-0.15, -0.1) is 0 Å².